The van der Waals surface area contributed by atoms with Crippen LogP contribution in [-0.2, 0) is 17.2 Å². The highest BCUT2D eigenvalue weighted by molar-refractivity contribution is 7.85. The lowest BCUT2D eigenvalue weighted by atomic mass is 10.1. The van der Waals surface area contributed by atoms with Gasteiger partial charge in [-0.25, -0.2) is 4.39 Å². The van der Waals surface area contributed by atoms with Crippen LogP contribution in [0.15, 0.2) is 59.5 Å². The summed E-state index contributed by atoms with van der Waals surface area (Å²) in [5, 5.41) is 0. The molecule has 2 rings (SSSR count). The fourth-order valence-corrected chi connectivity index (χ4v) is 2.93. The van der Waals surface area contributed by atoms with Crippen molar-refractivity contribution in [1.29, 1.82) is 0 Å². The molecule has 0 saturated carbocycles. The second kappa shape index (κ2) is 6.45. The molecule has 0 aliphatic heterocycles. The van der Waals surface area contributed by atoms with Crippen LogP contribution in [0.3, 0.4) is 0 Å². The van der Waals surface area contributed by atoms with Gasteiger partial charge in [0.2, 0.25) is 0 Å². The molecule has 0 spiro atoms. The molecular formula is C15H15FOS. The van der Waals surface area contributed by atoms with Gasteiger partial charge in [0, 0.05) is 5.75 Å². The Morgan fingerprint density at radius 2 is 1.61 bits per heavy atom. The van der Waals surface area contributed by atoms with Crippen LogP contribution in [0.5, 0.6) is 0 Å². The predicted molar refractivity (Wildman–Crippen MR) is 72.4 cm³/mol. The molecule has 0 fully saturated rings. The quantitative estimate of drug-likeness (QED) is 0.805. The van der Waals surface area contributed by atoms with Crippen molar-refractivity contribution < 1.29 is 8.60 Å². The molecule has 2 aromatic carbocycles. The molecule has 1 unspecified atom stereocenters. The highest BCUT2D eigenvalue weighted by atomic mass is 32.2. The summed E-state index contributed by atoms with van der Waals surface area (Å²) in [5.74, 6) is 0.117. The molecular weight excluding hydrogens is 247 g/mol. The van der Waals surface area contributed by atoms with Crippen LogP contribution < -0.4 is 0 Å². The first-order valence-corrected chi connectivity index (χ1v) is 7.26. The Morgan fingerprint density at radius 3 is 2.33 bits per heavy atom. The topological polar surface area (TPSA) is 17.1 Å². The summed E-state index contributed by atoms with van der Waals surface area (Å²) in [7, 11) is -1.24. The lowest BCUT2D eigenvalue weighted by molar-refractivity contribution is 0.595. The van der Waals surface area contributed by atoms with Gasteiger partial charge >= 0.3 is 0 Å². The maximum atomic E-state index is 13.4. The van der Waals surface area contributed by atoms with E-state index in [9.17, 15) is 8.60 Å². The zero-order chi connectivity index (χ0) is 12.8. The number of aryl methyl sites for hydroxylation is 1. The van der Waals surface area contributed by atoms with E-state index in [1.165, 1.54) is 11.6 Å². The highest BCUT2D eigenvalue weighted by Crippen LogP contribution is 2.13. The summed E-state index contributed by atoms with van der Waals surface area (Å²) in [6, 6.07) is 16.3. The minimum atomic E-state index is -1.24. The molecule has 0 radical (unpaired) electrons. The standard InChI is InChI=1S/C15H15FOS/c16-14-10-4-5-11-15(14)18(17)12-6-9-13-7-2-1-3-8-13/h1-5,7-8,10-11H,6,9,12H2. The fraction of sp³-hybridized carbons (Fsp3) is 0.200. The van der Waals surface area contributed by atoms with Gasteiger partial charge in [0.05, 0.1) is 15.7 Å². The van der Waals surface area contributed by atoms with Crippen LogP contribution in [0.2, 0.25) is 0 Å². The third-order valence-electron chi connectivity index (χ3n) is 2.72. The van der Waals surface area contributed by atoms with Crippen molar-refractivity contribution in [2.75, 3.05) is 5.75 Å². The number of hydrogen-bond acceptors (Lipinski definition) is 1. The number of hydrogen-bond donors (Lipinski definition) is 0. The van der Waals surface area contributed by atoms with Gasteiger partial charge in [-0.15, -0.1) is 0 Å². The van der Waals surface area contributed by atoms with Crippen molar-refractivity contribution in [3.63, 3.8) is 0 Å². The van der Waals surface area contributed by atoms with Gasteiger partial charge in [-0.1, -0.05) is 42.5 Å². The molecule has 0 aliphatic rings. The Kier molecular flexibility index (Phi) is 4.65. The average Bonchev–Trinajstić information content (AvgIpc) is 2.40. The van der Waals surface area contributed by atoms with E-state index in [1.54, 1.807) is 18.2 Å². The van der Waals surface area contributed by atoms with Crippen LogP contribution in [-0.4, -0.2) is 9.96 Å². The van der Waals surface area contributed by atoms with E-state index in [1.807, 2.05) is 30.3 Å². The first-order chi connectivity index (χ1) is 8.77. The van der Waals surface area contributed by atoms with Gasteiger partial charge < -0.3 is 0 Å². The molecule has 0 heterocycles. The van der Waals surface area contributed by atoms with Crippen molar-refractivity contribution in [3.05, 3.63) is 66.0 Å². The Labute approximate surface area is 109 Å². The molecule has 1 atom stereocenters. The van der Waals surface area contributed by atoms with E-state index in [0.717, 1.165) is 12.8 Å². The monoisotopic (exact) mass is 262 g/mol. The molecule has 3 heteroatoms. The molecule has 18 heavy (non-hydrogen) atoms. The van der Waals surface area contributed by atoms with E-state index >= 15 is 0 Å². The average molecular weight is 262 g/mol. The molecule has 0 amide bonds. The van der Waals surface area contributed by atoms with Crippen LogP contribution >= 0.6 is 0 Å². The maximum Gasteiger partial charge on any atom is 0.139 e. The van der Waals surface area contributed by atoms with Gasteiger partial charge in [0.25, 0.3) is 0 Å². The zero-order valence-electron chi connectivity index (χ0n) is 10.0. The third kappa shape index (κ3) is 3.50. The van der Waals surface area contributed by atoms with Gasteiger partial charge in [0.1, 0.15) is 5.82 Å². The van der Waals surface area contributed by atoms with E-state index in [-0.39, 0.29) is 5.82 Å². The minimum absolute atomic E-state index is 0.311. The highest BCUT2D eigenvalue weighted by Gasteiger charge is 2.08. The summed E-state index contributed by atoms with van der Waals surface area (Å²) in [6.45, 7) is 0. The Balaban J connectivity index is 1.88. The summed E-state index contributed by atoms with van der Waals surface area (Å²) >= 11 is 0. The second-order valence-corrected chi connectivity index (χ2v) is 5.61. The van der Waals surface area contributed by atoms with Gasteiger partial charge in [0.15, 0.2) is 0 Å². The summed E-state index contributed by atoms with van der Waals surface area (Å²) in [6.07, 6.45) is 1.67. The number of halogens is 1. The van der Waals surface area contributed by atoms with Crippen LogP contribution in [0.25, 0.3) is 0 Å². The largest absolute Gasteiger partial charge is 0.254 e. The Hall–Kier alpha value is -1.48. The molecule has 1 nitrogen and oxygen atoms in total. The third-order valence-corrected chi connectivity index (χ3v) is 4.20. The SMILES string of the molecule is O=S(CCCc1ccccc1)c1ccccc1F. The van der Waals surface area contributed by atoms with Gasteiger partial charge in [-0.2, -0.15) is 0 Å². The molecule has 94 valence electrons. The summed E-state index contributed by atoms with van der Waals surface area (Å²) in [5.41, 5.74) is 1.23. The smallest absolute Gasteiger partial charge is 0.139 e. The predicted octanol–water partition coefficient (Wildman–Crippen LogP) is 3.57. The first-order valence-electron chi connectivity index (χ1n) is 5.94. The lowest BCUT2D eigenvalue weighted by Gasteiger charge is -2.04. The van der Waals surface area contributed by atoms with Crippen molar-refractivity contribution in [1.82, 2.24) is 0 Å². The molecule has 0 aliphatic carbocycles. The van der Waals surface area contributed by atoms with Crippen molar-refractivity contribution in [2.45, 2.75) is 17.7 Å². The van der Waals surface area contributed by atoms with Gasteiger partial charge in [-0.3, -0.25) is 4.21 Å². The summed E-state index contributed by atoms with van der Waals surface area (Å²) in [4.78, 5) is 0.311. The Morgan fingerprint density at radius 1 is 0.944 bits per heavy atom. The number of benzene rings is 2. The fourth-order valence-electron chi connectivity index (χ4n) is 1.79. The maximum absolute atomic E-state index is 13.4. The van der Waals surface area contributed by atoms with E-state index in [0.29, 0.717) is 10.6 Å². The molecule has 0 bridgehead atoms. The molecule has 2 aromatic rings. The minimum Gasteiger partial charge on any atom is -0.254 e. The van der Waals surface area contributed by atoms with E-state index in [2.05, 4.69) is 0 Å². The number of rotatable bonds is 5. The molecule has 0 saturated heterocycles. The molecule has 0 N–H and O–H groups in total. The second-order valence-electron chi connectivity index (χ2n) is 4.07. The first kappa shape index (κ1) is 13.0. The normalized spacial score (nSPS) is 12.3. The Bertz CT molecular complexity index is 525. The molecule has 0 aromatic heterocycles. The van der Waals surface area contributed by atoms with Gasteiger partial charge in [-0.05, 0) is 30.5 Å². The van der Waals surface area contributed by atoms with Crippen LogP contribution in [0.4, 0.5) is 4.39 Å². The summed E-state index contributed by atoms with van der Waals surface area (Å²) < 4.78 is 25.3. The lowest BCUT2D eigenvalue weighted by Crippen LogP contribution is -2.02. The van der Waals surface area contributed by atoms with Crippen molar-refractivity contribution >= 4 is 10.8 Å². The van der Waals surface area contributed by atoms with Crippen molar-refractivity contribution in [3.8, 4) is 0 Å². The van der Waals surface area contributed by atoms with Crippen LogP contribution in [0, 0.1) is 5.82 Å². The van der Waals surface area contributed by atoms with E-state index in [4.69, 9.17) is 0 Å². The van der Waals surface area contributed by atoms with Crippen LogP contribution in [0.1, 0.15) is 12.0 Å². The van der Waals surface area contributed by atoms with E-state index < -0.39 is 10.8 Å². The zero-order valence-corrected chi connectivity index (χ0v) is 10.8. The van der Waals surface area contributed by atoms with Crippen molar-refractivity contribution in [2.24, 2.45) is 0 Å².